The van der Waals surface area contributed by atoms with Crippen LogP contribution < -0.4 is 15.9 Å². The van der Waals surface area contributed by atoms with Gasteiger partial charge in [-0.25, -0.2) is 0 Å². The summed E-state index contributed by atoms with van der Waals surface area (Å²) in [6.45, 7) is 2.28. The van der Waals surface area contributed by atoms with Crippen LogP contribution in [0, 0.1) is 5.92 Å². The largest absolute Gasteiger partial charge is 0.310 e. The zero-order valence-corrected chi connectivity index (χ0v) is 37.6. The highest BCUT2D eigenvalue weighted by Crippen LogP contribution is 2.46. The van der Waals surface area contributed by atoms with E-state index in [-0.39, 0.29) is 0 Å². The van der Waals surface area contributed by atoms with Crippen LogP contribution in [0.2, 0.25) is 0 Å². The van der Waals surface area contributed by atoms with E-state index in [0.29, 0.717) is 5.92 Å². The molecule has 12 rings (SSSR count). The second-order valence-electron chi connectivity index (χ2n) is 17.3. The quantitative estimate of drug-likeness (QED) is 0.139. The smallest absolute Gasteiger partial charge is 0.171 e. The maximum absolute atomic E-state index is 15.5. The third-order valence-corrected chi connectivity index (χ3v) is 17.5. The minimum atomic E-state index is -3.15. The van der Waals surface area contributed by atoms with Gasteiger partial charge in [0.2, 0.25) is 0 Å². The lowest BCUT2D eigenvalue weighted by Crippen LogP contribution is -2.25. The topological polar surface area (TPSA) is 22.0 Å². The molecule has 0 fully saturated rings. The maximum Gasteiger partial charge on any atom is 0.171 e. The number of benzene rings is 9. The van der Waals surface area contributed by atoms with Crippen molar-refractivity contribution in [2.75, 3.05) is 0 Å². The molecule has 0 spiro atoms. The van der Waals surface area contributed by atoms with E-state index in [0.717, 1.165) is 33.5 Å². The third-order valence-electron chi connectivity index (χ3n) is 13.2. The van der Waals surface area contributed by atoms with E-state index in [1.54, 1.807) is 0 Å². The highest BCUT2D eigenvalue weighted by molar-refractivity contribution is 7.85. The second kappa shape index (κ2) is 16.1. The van der Waals surface area contributed by atoms with Crippen molar-refractivity contribution >= 4 is 71.5 Å². The standard InChI is InChI=1S/C61H44NOPS/c1-41-29-32-58-55(35-41)56-40-52(64(63,50-23-7-3-8-24-50)51-25-9-4-10-26-51)31-33-59(56)62(58)49-22-13-21-48(38-49)53-27-14-28-54-57-39-47(30-34-60(57)65-61(53)54)46-20-12-19-45(37-46)44-18-11-17-43(36-44)42-15-5-2-6-16-42/h2-34,36-41H,35H2,1H3. The van der Waals surface area contributed by atoms with Gasteiger partial charge in [-0.15, -0.1) is 11.3 Å². The first-order valence-corrected chi connectivity index (χ1v) is 24.9. The summed E-state index contributed by atoms with van der Waals surface area (Å²) < 4.78 is 20.5. The molecule has 2 aromatic heterocycles. The Morgan fingerprint density at radius 3 is 1.75 bits per heavy atom. The van der Waals surface area contributed by atoms with Crippen molar-refractivity contribution < 1.29 is 4.57 Å². The molecule has 0 saturated carbocycles. The van der Waals surface area contributed by atoms with Gasteiger partial charge in [0.25, 0.3) is 0 Å². The maximum atomic E-state index is 15.5. The van der Waals surface area contributed by atoms with Gasteiger partial charge < -0.3 is 9.13 Å². The Bertz CT molecular complexity index is 3630. The fourth-order valence-electron chi connectivity index (χ4n) is 10.0. The van der Waals surface area contributed by atoms with Crippen molar-refractivity contribution in [3.63, 3.8) is 0 Å². The Kier molecular flexibility index (Phi) is 9.71. The Hall–Kier alpha value is -7.29. The summed E-state index contributed by atoms with van der Waals surface area (Å²) in [6, 6.07) is 77.6. The van der Waals surface area contributed by atoms with Gasteiger partial charge in [-0.2, -0.15) is 0 Å². The van der Waals surface area contributed by atoms with Crippen LogP contribution >= 0.6 is 18.5 Å². The first kappa shape index (κ1) is 39.3. The fourth-order valence-corrected chi connectivity index (χ4v) is 13.9. The first-order valence-electron chi connectivity index (χ1n) is 22.4. The van der Waals surface area contributed by atoms with Crippen molar-refractivity contribution in [1.29, 1.82) is 0 Å². The van der Waals surface area contributed by atoms with E-state index >= 15 is 4.57 Å². The molecule has 1 aliphatic carbocycles. The van der Waals surface area contributed by atoms with Crippen molar-refractivity contribution in [2.24, 2.45) is 5.92 Å². The van der Waals surface area contributed by atoms with E-state index in [1.807, 2.05) is 72.0 Å². The Labute approximate surface area is 383 Å². The van der Waals surface area contributed by atoms with Gasteiger partial charge in [0.05, 0.1) is 5.52 Å². The number of nitrogens with zero attached hydrogens (tertiary/aromatic N) is 1. The molecule has 2 nitrogen and oxygen atoms in total. The summed E-state index contributed by atoms with van der Waals surface area (Å²) >= 11 is 1.87. The summed E-state index contributed by atoms with van der Waals surface area (Å²) in [5.74, 6) is 0.401. The second-order valence-corrected chi connectivity index (χ2v) is 21.1. The summed E-state index contributed by atoms with van der Waals surface area (Å²) in [6.07, 6.45) is 5.55. The van der Waals surface area contributed by atoms with Gasteiger partial charge in [0.1, 0.15) is 0 Å². The van der Waals surface area contributed by atoms with Gasteiger partial charge in [-0.05, 0) is 123 Å². The minimum Gasteiger partial charge on any atom is -0.310 e. The average molecular weight is 870 g/mol. The van der Waals surface area contributed by atoms with Crippen molar-refractivity contribution in [1.82, 2.24) is 4.57 Å². The molecule has 4 heteroatoms. The van der Waals surface area contributed by atoms with Crippen LogP contribution in [-0.2, 0) is 11.0 Å². The highest BCUT2D eigenvalue weighted by atomic mass is 32.1. The third kappa shape index (κ3) is 6.82. The van der Waals surface area contributed by atoms with E-state index in [1.165, 1.54) is 81.3 Å². The molecular weight excluding hydrogens is 826 g/mol. The predicted octanol–water partition coefficient (Wildman–Crippen LogP) is 15.5. The zero-order valence-electron chi connectivity index (χ0n) is 35.9. The molecule has 310 valence electrons. The molecule has 0 bridgehead atoms. The van der Waals surface area contributed by atoms with Crippen LogP contribution in [0.4, 0.5) is 0 Å². The Morgan fingerprint density at radius 1 is 0.477 bits per heavy atom. The molecule has 0 aliphatic heterocycles. The van der Waals surface area contributed by atoms with Crippen molar-refractivity contribution in [3.8, 4) is 50.2 Å². The minimum absolute atomic E-state index is 0.401. The summed E-state index contributed by atoms with van der Waals surface area (Å²) in [5, 5.41) is 6.28. The zero-order chi connectivity index (χ0) is 43.5. The summed E-state index contributed by atoms with van der Waals surface area (Å²) in [4.78, 5) is 0. The first-order chi connectivity index (χ1) is 32.0. The number of rotatable bonds is 8. The molecule has 0 radical (unpaired) electrons. The fraction of sp³-hybridized carbons (Fsp3) is 0.0492. The molecule has 11 aromatic rings. The summed E-state index contributed by atoms with van der Waals surface area (Å²) in [7, 11) is -3.15. The van der Waals surface area contributed by atoms with E-state index in [4.69, 9.17) is 0 Å². The molecule has 1 aliphatic rings. The average Bonchev–Trinajstić information content (AvgIpc) is 3.92. The number of allylic oxidation sites excluding steroid dienone is 1. The van der Waals surface area contributed by atoms with Gasteiger partial charge >= 0.3 is 0 Å². The highest BCUT2D eigenvalue weighted by Gasteiger charge is 2.31. The molecule has 0 N–H and O–H groups in total. The van der Waals surface area contributed by atoms with Gasteiger partial charge in [-0.1, -0.05) is 177 Å². The Morgan fingerprint density at radius 2 is 1.06 bits per heavy atom. The molecule has 9 aromatic carbocycles. The number of fused-ring (bicyclic) bond motifs is 6. The monoisotopic (exact) mass is 869 g/mol. The van der Waals surface area contributed by atoms with Crippen molar-refractivity contribution in [3.05, 3.63) is 236 Å². The van der Waals surface area contributed by atoms with Gasteiger partial charge in [-0.3, -0.25) is 0 Å². The molecule has 2 heterocycles. The SMILES string of the molecule is CC1C=Cc2c(c3cc(P(=O)(c4ccccc4)c4ccccc4)ccc3n2-c2cccc(-c3cccc4c3sc3ccc(-c5cccc(-c6cccc(-c7ccccc7)c6)c5)cc34)c2)C1. The van der Waals surface area contributed by atoms with Crippen LogP contribution in [-0.4, -0.2) is 4.57 Å². The van der Waals surface area contributed by atoms with Crippen LogP contribution in [0.25, 0.3) is 87.3 Å². The van der Waals surface area contributed by atoms with Crippen LogP contribution in [0.3, 0.4) is 0 Å². The van der Waals surface area contributed by atoms with E-state index < -0.39 is 7.14 Å². The van der Waals surface area contributed by atoms with Gasteiger partial charge in [0, 0.05) is 52.9 Å². The number of hydrogen-bond acceptors (Lipinski definition) is 2. The molecule has 0 amide bonds. The molecule has 0 saturated heterocycles. The summed E-state index contributed by atoms with van der Waals surface area (Å²) in [5.41, 5.74) is 14.4. The predicted molar refractivity (Wildman–Crippen MR) is 279 cm³/mol. The molecule has 65 heavy (non-hydrogen) atoms. The lowest BCUT2D eigenvalue weighted by molar-refractivity contribution is 0.592. The van der Waals surface area contributed by atoms with Crippen LogP contribution in [0.15, 0.2) is 224 Å². The number of hydrogen-bond donors (Lipinski definition) is 0. The van der Waals surface area contributed by atoms with Crippen LogP contribution in [0.1, 0.15) is 18.2 Å². The molecular formula is C61H44NOPS. The lowest BCUT2D eigenvalue weighted by Gasteiger charge is -2.20. The molecule has 1 unspecified atom stereocenters. The lowest BCUT2D eigenvalue weighted by atomic mass is 9.93. The van der Waals surface area contributed by atoms with Gasteiger partial charge in [0.15, 0.2) is 7.14 Å². The van der Waals surface area contributed by atoms with E-state index in [2.05, 4.69) is 181 Å². The molecule has 1 atom stereocenters. The Balaban J connectivity index is 0.935. The van der Waals surface area contributed by atoms with Crippen molar-refractivity contribution in [2.45, 2.75) is 13.3 Å². The normalized spacial score (nSPS) is 13.7. The van der Waals surface area contributed by atoms with E-state index in [9.17, 15) is 0 Å². The number of thiophene rings is 1. The number of aromatic nitrogens is 1. The van der Waals surface area contributed by atoms with Crippen LogP contribution in [0.5, 0.6) is 0 Å².